The highest BCUT2D eigenvalue weighted by Crippen LogP contribution is 2.40. The highest BCUT2D eigenvalue weighted by atomic mass is 32.2. The van der Waals surface area contributed by atoms with Crippen LogP contribution in [0.3, 0.4) is 0 Å². The summed E-state index contributed by atoms with van der Waals surface area (Å²) in [5.41, 5.74) is -2.27. The van der Waals surface area contributed by atoms with E-state index in [2.05, 4.69) is 0 Å². The molecular weight excluding hydrogens is 441 g/mol. The lowest BCUT2D eigenvalue weighted by atomic mass is 9.89. The number of rotatable bonds is 4. The van der Waals surface area contributed by atoms with Crippen molar-refractivity contribution in [2.45, 2.75) is 37.3 Å². The van der Waals surface area contributed by atoms with E-state index in [1.807, 2.05) is 0 Å². The molecule has 0 spiro atoms. The number of ether oxygens (including phenoxy) is 1. The molecule has 1 aliphatic heterocycles. The maximum Gasteiger partial charge on any atom is 0.417 e. The van der Waals surface area contributed by atoms with Crippen molar-refractivity contribution in [2.75, 3.05) is 6.54 Å². The standard InChI is InChI=1S/C19H17F3N2O4S2/c1-11-6-7-29-17(11)30(26,27)24-10-18(2,3)15(16(24)25)28-13-5-4-12(9-23)14(8-13)19(20,21)22/h4-8,15H,10H2,1-3H3. The van der Waals surface area contributed by atoms with Gasteiger partial charge in [0.1, 0.15) is 9.96 Å². The minimum absolute atomic E-state index is 0.0324. The Morgan fingerprint density at radius 2 is 1.97 bits per heavy atom. The summed E-state index contributed by atoms with van der Waals surface area (Å²) in [6.45, 7) is 4.62. The number of halogens is 3. The van der Waals surface area contributed by atoms with E-state index in [4.69, 9.17) is 10.00 Å². The van der Waals surface area contributed by atoms with Crippen LogP contribution in [-0.4, -0.2) is 31.3 Å². The highest BCUT2D eigenvalue weighted by molar-refractivity contribution is 7.91. The van der Waals surface area contributed by atoms with Gasteiger partial charge in [-0.1, -0.05) is 13.8 Å². The minimum Gasteiger partial charge on any atom is -0.480 e. The second-order valence-corrected chi connectivity index (χ2v) is 10.5. The van der Waals surface area contributed by atoms with Crippen LogP contribution in [0.1, 0.15) is 30.5 Å². The fourth-order valence-electron chi connectivity index (χ4n) is 3.20. The van der Waals surface area contributed by atoms with Crippen LogP contribution in [0.5, 0.6) is 5.75 Å². The second kappa shape index (κ2) is 7.28. The molecule has 1 unspecified atom stereocenters. The molecule has 1 aliphatic rings. The lowest BCUT2D eigenvalue weighted by molar-refractivity contribution is -0.137. The summed E-state index contributed by atoms with van der Waals surface area (Å²) >= 11 is 0.981. The SMILES string of the molecule is Cc1ccsc1S(=O)(=O)N1CC(C)(C)C(Oc2ccc(C#N)c(C(F)(F)F)c2)C1=O. The summed E-state index contributed by atoms with van der Waals surface area (Å²) < 4.78 is 71.8. The summed E-state index contributed by atoms with van der Waals surface area (Å²) in [7, 11) is -4.11. The van der Waals surface area contributed by atoms with Crippen LogP contribution in [0, 0.1) is 23.7 Å². The van der Waals surface area contributed by atoms with Gasteiger partial charge < -0.3 is 4.74 Å². The smallest absolute Gasteiger partial charge is 0.417 e. The Morgan fingerprint density at radius 3 is 2.50 bits per heavy atom. The number of aryl methyl sites for hydroxylation is 1. The zero-order chi connectivity index (χ0) is 22.5. The number of nitrogens with zero attached hydrogens (tertiary/aromatic N) is 2. The van der Waals surface area contributed by atoms with Gasteiger partial charge in [-0.2, -0.15) is 18.4 Å². The fourth-order valence-corrected chi connectivity index (χ4v) is 6.28. The number of carbonyl (C=O) groups is 1. The molecule has 6 nitrogen and oxygen atoms in total. The number of alkyl halides is 3. The Balaban J connectivity index is 1.96. The van der Waals surface area contributed by atoms with Gasteiger partial charge >= 0.3 is 6.18 Å². The summed E-state index contributed by atoms with van der Waals surface area (Å²) in [6.07, 6.45) is -6.10. The largest absolute Gasteiger partial charge is 0.480 e. The van der Waals surface area contributed by atoms with Gasteiger partial charge in [-0.15, -0.1) is 11.3 Å². The van der Waals surface area contributed by atoms with Gasteiger partial charge in [-0.25, -0.2) is 12.7 Å². The van der Waals surface area contributed by atoms with Gasteiger partial charge in [-0.3, -0.25) is 4.79 Å². The Kier molecular flexibility index (Phi) is 5.37. The van der Waals surface area contributed by atoms with E-state index in [0.717, 1.165) is 23.5 Å². The molecule has 0 radical (unpaired) electrons. The van der Waals surface area contributed by atoms with E-state index in [9.17, 15) is 26.4 Å². The predicted octanol–water partition coefficient (Wildman–Crippen LogP) is 3.95. The molecule has 11 heteroatoms. The number of nitriles is 1. The normalized spacial score (nSPS) is 19.0. The monoisotopic (exact) mass is 458 g/mol. The van der Waals surface area contributed by atoms with Gasteiger partial charge in [-0.05, 0) is 42.1 Å². The number of benzene rings is 1. The third-order valence-electron chi connectivity index (χ3n) is 4.74. The van der Waals surface area contributed by atoms with E-state index in [0.29, 0.717) is 15.9 Å². The van der Waals surface area contributed by atoms with Crippen LogP contribution in [-0.2, 0) is 21.0 Å². The molecule has 160 valence electrons. The molecular formula is C19H17F3N2O4S2. The van der Waals surface area contributed by atoms with Crippen molar-refractivity contribution in [3.8, 4) is 11.8 Å². The summed E-state index contributed by atoms with van der Waals surface area (Å²) in [5, 5.41) is 10.5. The fraction of sp³-hybridized carbons (Fsp3) is 0.368. The molecule has 2 heterocycles. The van der Waals surface area contributed by atoms with Crippen LogP contribution >= 0.6 is 11.3 Å². The summed E-state index contributed by atoms with van der Waals surface area (Å²) in [4.78, 5) is 12.9. The van der Waals surface area contributed by atoms with Crippen LogP contribution in [0.15, 0.2) is 33.9 Å². The average molecular weight is 458 g/mol. The Bertz CT molecular complexity index is 1150. The van der Waals surface area contributed by atoms with Crippen LogP contribution in [0.2, 0.25) is 0 Å². The van der Waals surface area contributed by atoms with E-state index in [-0.39, 0.29) is 16.5 Å². The van der Waals surface area contributed by atoms with Crippen LogP contribution < -0.4 is 4.74 Å². The van der Waals surface area contributed by atoms with Gasteiger partial charge in [0.05, 0.1) is 17.2 Å². The maximum atomic E-state index is 13.2. The first-order valence-electron chi connectivity index (χ1n) is 8.68. The Labute approximate surface area is 175 Å². The van der Waals surface area contributed by atoms with Crippen molar-refractivity contribution in [3.05, 3.63) is 46.3 Å². The first kappa shape index (κ1) is 22.1. The third-order valence-corrected chi connectivity index (χ3v) is 8.15. The maximum absolute atomic E-state index is 13.2. The first-order valence-corrected chi connectivity index (χ1v) is 11.0. The second-order valence-electron chi connectivity index (χ2n) is 7.54. The van der Waals surface area contributed by atoms with Crippen LogP contribution in [0.4, 0.5) is 13.2 Å². The molecule has 0 N–H and O–H groups in total. The number of carbonyl (C=O) groups excluding carboxylic acids is 1. The van der Waals surface area contributed by atoms with Crippen molar-refractivity contribution in [2.24, 2.45) is 5.41 Å². The highest BCUT2D eigenvalue weighted by Gasteiger charge is 2.53. The topological polar surface area (TPSA) is 87.5 Å². The van der Waals surface area contributed by atoms with Gasteiger partial charge in [0.2, 0.25) is 0 Å². The summed E-state index contributed by atoms with van der Waals surface area (Å²) in [6, 6.07) is 5.83. The number of hydrogen-bond acceptors (Lipinski definition) is 6. The zero-order valence-electron chi connectivity index (χ0n) is 16.1. The molecule has 1 atom stereocenters. The lowest BCUT2D eigenvalue weighted by Gasteiger charge is -2.24. The van der Waals surface area contributed by atoms with Crippen molar-refractivity contribution in [1.82, 2.24) is 4.31 Å². The van der Waals surface area contributed by atoms with E-state index in [1.165, 1.54) is 6.07 Å². The van der Waals surface area contributed by atoms with E-state index in [1.54, 1.807) is 32.2 Å². The van der Waals surface area contributed by atoms with Crippen molar-refractivity contribution >= 4 is 27.3 Å². The van der Waals surface area contributed by atoms with E-state index < -0.39 is 44.8 Å². The molecule has 0 saturated carbocycles. The molecule has 3 rings (SSSR count). The molecule has 1 saturated heterocycles. The quantitative estimate of drug-likeness (QED) is 0.692. The molecule has 0 aliphatic carbocycles. The van der Waals surface area contributed by atoms with Crippen LogP contribution in [0.25, 0.3) is 0 Å². The molecule has 0 bridgehead atoms. The number of sulfonamides is 1. The van der Waals surface area contributed by atoms with E-state index >= 15 is 0 Å². The Hall–Kier alpha value is -2.58. The lowest BCUT2D eigenvalue weighted by Crippen LogP contribution is -2.38. The predicted molar refractivity (Wildman–Crippen MR) is 102 cm³/mol. The Morgan fingerprint density at radius 1 is 1.30 bits per heavy atom. The van der Waals surface area contributed by atoms with Gasteiger partial charge in [0, 0.05) is 12.0 Å². The minimum atomic E-state index is -4.79. The molecule has 1 fully saturated rings. The molecule has 30 heavy (non-hydrogen) atoms. The molecule has 1 amide bonds. The molecule has 1 aromatic carbocycles. The molecule has 2 aromatic rings. The summed E-state index contributed by atoms with van der Waals surface area (Å²) in [5.74, 6) is -1.13. The first-order chi connectivity index (χ1) is 13.8. The van der Waals surface area contributed by atoms with Crippen molar-refractivity contribution < 1.29 is 31.1 Å². The average Bonchev–Trinajstić information content (AvgIpc) is 3.18. The number of thiophene rings is 1. The third kappa shape index (κ3) is 3.77. The number of hydrogen-bond donors (Lipinski definition) is 0. The van der Waals surface area contributed by atoms with Crippen molar-refractivity contribution in [3.63, 3.8) is 0 Å². The number of amides is 1. The zero-order valence-corrected chi connectivity index (χ0v) is 17.8. The van der Waals surface area contributed by atoms with Gasteiger partial charge in [0.15, 0.2) is 6.10 Å². The van der Waals surface area contributed by atoms with Gasteiger partial charge in [0.25, 0.3) is 15.9 Å². The molecule has 1 aromatic heterocycles. The van der Waals surface area contributed by atoms with Crippen molar-refractivity contribution in [1.29, 1.82) is 5.26 Å².